The summed E-state index contributed by atoms with van der Waals surface area (Å²) in [6.07, 6.45) is 0. The molecule has 0 atom stereocenters. The highest BCUT2D eigenvalue weighted by molar-refractivity contribution is 6.21. The summed E-state index contributed by atoms with van der Waals surface area (Å²) in [5, 5.41) is -0.370. The van der Waals surface area contributed by atoms with E-state index < -0.39 is 51.4 Å². The van der Waals surface area contributed by atoms with Gasteiger partial charge in [-0.1, -0.05) is 36.4 Å². The van der Waals surface area contributed by atoms with Crippen molar-refractivity contribution in [3.8, 4) is 28.0 Å². The molecule has 0 saturated heterocycles. The van der Waals surface area contributed by atoms with Gasteiger partial charge in [0.25, 0.3) is 0 Å². The summed E-state index contributed by atoms with van der Waals surface area (Å²) < 4.78 is 93.9. The van der Waals surface area contributed by atoms with Gasteiger partial charge in [0.2, 0.25) is 0 Å². The lowest BCUT2D eigenvalue weighted by atomic mass is 9.85. The van der Waals surface area contributed by atoms with Gasteiger partial charge in [-0.25, -0.2) is 26.3 Å². The molecule has 1 nitrogen and oxygen atoms in total. The van der Waals surface area contributed by atoms with Gasteiger partial charge in [0.15, 0.2) is 23.3 Å². The molecule has 0 N–H and O–H groups in total. The van der Waals surface area contributed by atoms with Crippen molar-refractivity contribution in [2.45, 2.75) is 0 Å². The lowest BCUT2D eigenvalue weighted by Gasteiger charge is -2.19. The number of benzene rings is 5. The summed E-state index contributed by atoms with van der Waals surface area (Å²) in [6, 6.07) is 14.4. The van der Waals surface area contributed by atoms with Crippen LogP contribution < -0.4 is 4.74 Å². The van der Waals surface area contributed by atoms with E-state index in [2.05, 4.69) is 0 Å². The first-order chi connectivity index (χ1) is 16.3. The lowest BCUT2D eigenvalue weighted by molar-refractivity contribution is 0.415. The second-order valence-electron chi connectivity index (χ2n) is 7.65. The van der Waals surface area contributed by atoms with Gasteiger partial charge in [0.05, 0.1) is 12.7 Å². The van der Waals surface area contributed by atoms with Crippen molar-refractivity contribution in [2.75, 3.05) is 7.11 Å². The Hall–Kier alpha value is -4.00. The van der Waals surface area contributed by atoms with Gasteiger partial charge < -0.3 is 4.74 Å². The number of hydrogen-bond acceptors (Lipinski definition) is 1. The highest BCUT2D eigenvalue weighted by atomic mass is 19.2. The van der Waals surface area contributed by atoms with Gasteiger partial charge in [-0.2, -0.15) is 0 Å². The van der Waals surface area contributed by atoms with Crippen LogP contribution in [0.1, 0.15) is 0 Å². The fourth-order valence-electron chi connectivity index (χ4n) is 4.34. The largest absolute Gasteiger partial charge is 0.497 e. The Balaban J connectivity index is 2.07. The van der Waals surface area contributed by atoms with Crippen molar-refractivity contribution in [3.63, 3.8) is 0 Å². The molecule has 0 amide bonds. The zero-order valence-electron chi connectivity index (χ0n) is 17.5. The lowest BCUT2D eigenvalue weighted by Crippen LogP contribution is -2.02. The molecule has 5 aromatic rings. The summed E-state index contributed by atoms with van der Waals surface area (Å²) in [5.41, 5.74) is -0.853. The first-order valence-electron chi connectivity index (χ1n) is 10.1. The van der Waals surface area contributed by atoms with E-state index in [-0.39, 0.29) is 22.4 Å². The van der Waals surface area contributed by atoms with Crippen LogP contribution in [0.3, 0.4) is 0 Å². The molecule has 170 valence electrons. The molecule has 0 spiro atoms. The van der Waals surface area contributed by atoms with Crippen LogP contribution in [0.2, 0.25) is 0 Å². The van der Waals surface area contributed by atoms with Crippen molar-refractivity contribution < 1.29 is 31.1 Å². The molecule has 5 rings (SSSR count). The second kappa shape index (κ2) is 8.09. The van der Waals surface area contributed by atoms with Crippen molar-refractivity contribution in [2.24, 2.45) is 0 Å². The SMILES string of the molecule is COc1ccc(-c2c3ccccc3c(-c3c(F)c(F)cc(F)c3F)c3c(F)ccc(F)c23)cc1. The monoisotopic (exact) mass is 468 g/mol. The summed E-state index contributed by atoms with van der Waals surface area (Å²) in [5.74, 6) is -8.05. The fourth-order valence-corrected chi connectivity index (χ4v) is 4.34. The fraction of sp³-hybridized carbons (Fsp3) is 0.0370. The Morgan fingerprint density at radius 2 is 1.03 bits per heavy atom. The molecule has 0 unspecified atom stereocenters. The van der Waals surface area contributed by atoms with E-state index in [0.29, 0.717) is 16.7 Å². The van der Waals surface area contributed by atoms with Crippen LogP contribution in [0.4, 0.5) is 26.3 Å². The topological polar surface area (TPSA) is 9.23 Å². The second-order valence-corrected chi connectivity index (χ2v) is 7.65. The predicted molar refractivity (Wildman–Crippen MR) is 119 cm³/mol. The third kappa shape index (κ3) is 3.19. The summed E-state index contributed by atoms with van der Waals surface area (Å²) >= 11 is 0. The molecule has 0 aromatic heterocycles. The number of halogens is 6. The van der Waals surface area contributed by atoms with Gasteiger partial charge >= 0.3 is 0 Å². The minimum atomic E-state index is -1.70. The molecule has 0 fully saturated rings. The Bertz CT molecular complexity index is 1570. The van der Waals surface area contributed by atoms with Crippen LogP contribution >= 0.6 is 0 Å². The maximum atomic E-state index is 15.3. The molecule has 34 heavy (non-hydrogen) atoms. The summed E-state index contributed by atoms with van der Waals surface area (Å²) in [6.45, 7) is 0. The standard InChI is InChI=1S/C27H14F6O/c1-34-14-8-6-13(7-9-14)21-15-4-2-3-5-16(15)22(24-18(29)11-10-17(28)23(21)24)25-26(32)19(30)12-20(31)27(25)33/h2-12H,1H3. The predicted octanol–water partition coefficient (Wildman–Crippen LogP) is 8.17. The first-order valence-corrected chi connectivity index (χ1v) is 10.1. The average Bonchev–Trinajstić information content (AvgIpc) is 2.85. The molecule has 0 aliphatic rings. The van der Waals surface area contributed by atoms with Gasteiger partial charge in [-0.15, -0.1) is 0 Å². The molecule has 0 radical (unpaired) electrons. The van der Waals surface area contributed by atoms with E-state index in [1.165, 1.54) is 19.2 Å². The van der Waals surface area contributed by atoms with Gasteiger partial charge in [0.1, 0.15) is 17.4 Å². The molecule has 0 aliphatic carbocycles. The van der Waals surface area contributed by atoms with E-state index in [0.717, 1.165) is 12.1 Å². The van der Waals surface area contributed by atoms with Crippen LogP contribution in [0.5, 0.6) is 5.75 Å². The third-order valence-corrected chi connectivity index (χ3v) is 5.81. The maximum Gasteiger partial charge on any atom is 0.169 e. The molecule has 0 saturated carbocycles. The Kier molecular flexibility index (Phi) is 5.20. The Morgan fingerprint density at radius 3 is 1.56 bits per heavy atom. The van der Waals surface area contributed by atoms with E-state index in [1.807, 2.05) is 0 Å². The van der Waals surface area contributed by atoms with E-state index in [1.54, 1.807) is 36.4 Å². The van der Waals surface area contributed by atoms with Crippen LogP contribution in [0, 0.1) is 34.9 Å². The number of fused-ring (bicyclic) bond motifs is 2. The van der Waals surface area contributed by atoms with E-state index in [9.17, 15) is 17.6 Å². The quantitative estimate of drug-likeness (QED) is 0.147. The van der Waals surface area contributed by atoms with Crippen molar-refractivity contribution in [1.82, 2.24) is 0 Å². The molecule has 0 bridgehead atoms. The molecular weight excluding hydrogens is 454 g/mol. The zero-order valence-corrected chi connectivity index (χ0v) is 17.5. The average molecular weight is 468 g/mol. The number of rotatable bonds is 3. The Labute approximate surface area is 189 Å². The molecule has 0 aliphatic heterocycles. The van der Waals surface area contributed by atoms with Gasteiger partial charge in [-0.05, 0) is 40.6 Å². The number of ether oxygens (including phenoxy) is 1. The van der Waals surface area contributed by atoms with E-state index >= 15 is 8.78 Å². The van der Waals surface area contributed by atoms with Crippen molar-refractivity contribution in [3.05, 3.63) is 102 Å². The van der Waals surface area contributed by atoms with Crippen LogP contribution in [-0.4, -0.2) is 7.11 Å². The minimum Gasteiger partial charge on any atom is -0.497 e. The minimum absolute atomic E-state index is 0.0706. The number of hydrogen-bond donors (Lipinski definition) is 0. The highest BCUT2D eigenvalue weighted by Gasteiger charge is 2.28. The van der Waals surface area contributed by atoms with E-state index in [4.69, 9.17) is 4.74 Å². The Morgan fingerprint density at radius 1 is 0.529 bits per heavy atom. The third-order valence-electron chi connectivity index (χ3n) is 5.81. The number of methoxy groups -OCH3 is 1. The normalized spacial score (nSPS) is 11.4. The smallest absolute Gasteiger partial charge is 0.169 e. The zero-order chi connectivity index (χ0) is 24.1. The molecular formula is C27H14F6O. The summed E-state index contributed by atoms with van der Waals surface area (Å²) in [4.78, 5) is 0. The first kappa shape index (κ1) is 21.8. The van der Waals surface area contributed by atoms with Crippen LogP contribution in [0.15, 0.2) is 66.7 Å². The van der Waals surface area contributed by atoms with Crippen LogP contribution in [-0.2, 0) is 0 Å². The van der Waals surface area contributed by atoms with Gasteiger partial charge in [-0.3, -0.25) is 0 Å². The maximum absolute atomic E-state index is 15.3. The highest BCUT2D eigenvalue weighted by Crippen LogP contribution is 2.47. The van der Waals surface area contributed by atoms with Gasteiger partial charge in [0, 0.05) is 28.0 Å². The van der Waals surface area contributed by atoms with Crippen molar-refractivity contribution in [1.29, 1.82) is 0 Å². The summed E-state index contributed by atoms with van der Waals surface area (Å²) in [7, 11) is 1.48. The van der Waals surface area contributed by atoms with Crippen LogP contribution in [0.25, 0.3) is 43.8 Å². The molecule has 5 aromatic carbocycles. The van der Waals surface area contributed by atoms with Crippen molar-refractivity contribution >= 4 is 21.5 Å². The molecule has 0 heterocycles. The molecule has 7 heteroatoms.